The molecule has 0 radical (unpaired) electrons. The lowest BCUT2D eigenvalue weighted by atomic mass is 9.96. The molecule has 0 spiro atoms. The number of hydrogen-bond acceptors (Lipinski definition) is 1. The molecule has 0 unspecified atom stereocenters. The molecule has 0 saturated carbocycles. The lowest BCUT2D eigenvalue weighted by Crippen LogP contribution is -2.32. The molecule has 3 heteroatoms. The molecule has 108 valence electrons. The molecule has 1 aliphatic rings. The monoisotopic (exact) mass is 299 g/mol. The highest BCUT2D eigenvalue weighted by Crippen LogP contribution is 2.39. The number of benzene rings is 2. The number of carbonyl (C=O) groups excluding carboxylic acids is 1. The average Bonchev–Trinajstić information content (AvgIpc) is 2.68. The van der Waals surface area contributed by atoms with Crippen LogP contribution in [0.25, 0.3) is 0 Å². The van der Waals surface area contributed by atoms with Crippen LogP contribution in [-0.4, -0.2) is 12.5 Å². The van der Waals surface area contributed by atoms with E-state index >= 15 is 0 Å². The van der Waals surface area contributed by atoms with Crippen LogP contribution in [0, 0.1) is 0 Å². The van der Waals surface area contributed by atoms with Gasteiger partial charge < -0.3 is 4.90 Å². The maximum atomic E-state index is 12.8. The molecule has 0 N–H and O–H groups in total. The molecule has 2 aromatic rings. The highest BCUT2D eigenvalue weighted by molar-refractivity contribution is 6.34. The average molecular weight is 300 g/mol. The summed E-state index contributed by atoms with van der Waals surface area (Å²) in [7, 11) is 0. The molecular formula is C18H18ClNO. The van der Waals surface area contributed by atoms with Crippen molar-refractivity contribution in [2.75, 3.05) is 11.4 Å². The quantitative estimate of drug-likeness (QED) is 0.734. The third-order valence-electron chi connectivity index (χ3n) is 4.10. The summed E-state index contributed by atoms with van der Waals surface area (Å²) in [6.07, 6.45) is 2.07. The smallest absolute Gasteiger partial charge is 0.258 e. The van der Waals surface area contributed by atoms with Crippen molar-refractivity contribution in [1.29, 1.82) is 0 Å². The molecule has 1 aliphatic heterocycles. The molecular weight excluding hydrogens is 282 g/mol. The molecule has 0 aromatic heterocycles. The number of nitrogens with zero attached hydrogens (tertiary/aromatic N) is 1. The summed E-state index contributed by atoms with van der Waals surface area (Å²) in [5, 5.41) is 0.658. The number of carbonyl (C=O) groups is 1. The second-order valence-electron chi connectivity index (χ2n) is 5.54. The molecule has 0 aliphatic carbocycles. The van der Waals surface area contributed by atoms with Gasteiger partial charge >= 0.3 is 0 Å². The van der Waals surface area contributed by atoms with Crippen LogP contribution in [0.15, 0.2) is 48.5 Å². The third kappa shape index (κ3) is 2.68. The summed E-state index contributed by atoms with van der Waals surface area (Å²) in [5.74, 6) is 0.450. The summed E-state index contributed by atoms with van der Waals surface area (Å²) in [6.45, 7) is 2.92. The Balaban J connectivity index is 2.08. The van der Waals surface area contributed by atoms with E-state index in [2.05, 4.69) is 13.0 Å². The summed E-state index contributed by atoms with van der Waals surface area (Å²) < 4.78 is 0. The maximum Gasteiger partial charge on any atom is 0.258 e. The Hall–Kier alpha value is -1.80. The minimum absolute atomic E-state index is 0.0269. The van der Waals surface area contributed by atoms with Gasteiger partial charge in [0.2, 0.25) is 0 Å². The zero-order valence-electron chi connectivity index (χ0n) is 12.1. The Morgan fingerprint density at radius 2 is 1.90 bits per heavy atom. The van der Waals surface area contributed by atoms with Crippen LogP contribution < -0.4 is 4.90 Å². The fraction of sp³-hybridized carbons (Fsp3) is 0.278. The van der Waals surface area contributed by atoms with Crippen LogP contribution >= 0.6 is 11.6 Å². The van der Waals surface area contributed by atoms with Gasteiger partial charge in [0.05, 0.1) is 10.7 Å². The number of anilines is 1. The summed E-state index contributed by atoms with van der Waals surface area (Å²) in [5.41, 5.74) is 2.76. The van der Waals surface area contributed by atoms with Gasteiger partial charge in [-0.15, -0.1) is 0 Å². The van der Waals surface area contributed by atoms with Crippen LogP contribution in [0.3, 0.4) is 0 Å². The van der Waals surface area contributed by atoms with Gasteiger partial charge in [-0.25, -0.2) is 0 Å². The van der Waals surface area contributed by atoms with Gasteiger partial charge in [0, 0.05) is 12.1 Å². The van der Waals surface area contributed by atoms with Gasteiger partial charge in [-0.3, -0.25) is 4.79 Å². The fourth-order valence-corrected chi connectivity index (χ4v) is 3.26. The SMILES string of the molecule is C[C@@H]1CCCN(C(=O)c2ccccc2)c2c(Cl)cccc21. The Bertz CT molecular complexity index is 654. The van der Waals surface area contributed by atoms with Gasteiger partial charge in [0.15, 0.2) is 0 Å². The van der Waals surface area contributed by atoms with Crippen molar-refractivity contribution in [2.45, 2.75) is 25.7 Å². The molecule has 2 nitrogen and oxygen atoms in total. The molecule has 0 bridgehead atoms. The lowest BCUT2D eigenvalue weighted by molar-refractivity contribution is 0.0987. The van der Waals surface area contributed by atoms with Gasteiger partial charge in [0.25, 0.3) is 5.91 Å². The minimum Gasteiger partial charge on any atom is -0.307 e. The van der Waals surface area contributed by atoms with E-state index in [0.717, 1.165) is 25.1 Å². The fourth-order valence-electron chi connectivity index (χ4n) is 2.98. The molecule has 1 atom stereocenters. The molecule has 21 heavy (non-hydrogen) atoms. The molecule has 1 amide bonds. The van der Waals surface area contributed by atoms with Crippen molar-refractivity contribution in [1.82, 2.24) is 0 Å². The van der Waals surface area contributed by atoms with E-state index in [9.17, 15) is 4.79 Å². The van der Waals surface area contributed by atoms with Crippen molar-refractivity contribution in [3.63, 3.8) is 0 Å². The number of halogens is 1. The number of hydrogen-bond donors (Lipinski definition) is 0. The van der Waals surface area contributed by atoms with E-state index in [-0.39, 0.29) is 5.91 Å². The van der Waals surface area contributed by atoms with Gasteiger partial charge in [-0.1, -0.05) is 48.9 Å². The van der Waals surface area contributed by atoms with Crippen LogP contribution in [-0.2, 0) is 0 Å². The van der Waals surface area contributed by atoms with Gasteiger partial charge in [0.1, 0.15) is 0 Å². The number of amides is 1. The molecule has 3 rings (SSSR count). The summed E-state index contributed by atoms with van der Waals surface area (Å²) in [6, 6.07) is 15.3. The van der Waals surface area contributed by atoms with Crippen LogP contribution in [0.1, 0.15) is 41.6 Å². The summed E-state index contributed by atoms with van der Waals surface area (Å²) >= 11 is 6.41. The van der Waals surface area contributed by atoms with Crippen molar-refractivity contribution in [2.24, 2.45) is 0 Å². The lowest BCUT2D eigenvalue weighted by Gasteiger charge is -2.24. The first-order valence-electron chi connectivity index (χ1n) is 7.34. The highest BCUT2D eigenvalue weighted by Gasteiger charge is 2.27. The standard InChI is InChI=1S/C18H18ClNO/c1-13-7-6-12-20(17-15(13)10-5-11-16(17)19)18(21)14-8-3-2-4-9-14/h2-5,8-11,13H,6-7,12H2,1H3/t13-/m1/s1. The topological polar surface area (TPSA) is 20.3 Å². The van der Waals surface area contributed by atoms with E-state index in [1.54, 1.807) is 0 Å². The van der Waals surface area contributed by atoms with Gasteiger partial charge in [-0.05, 0) is 42.5 Å². The summed E-state index contributed by atoms with van der Waals surface area (Å²) in [4.78, 5) is 14.7. The molecule has 0 saturated heterocycles. The predicted molar refractivity (Wildman–Crippen MR) is 87.2 cm³/mol. The predicted octanol–water partition coefficient (Wildman–Crippen LogP) is 4.88. The maximum absolute atomic E-state index is 12.8. The third-order valence-corrected chi connectivity index (χ3v) is 4.41. The van der Waals surface area contributed by atoms with E-state index in [0.29, 0.717) is 16.5 Å². The van der Waals surface area contributed by atoms with Crippen molar-refractivity contribution in [3.8, 4) is 0 Å². The highest BCUT2D eigenvalue weighted by atomic mass is 35.5. The first kappa shape index (κ1) is 14.2. The second-order valence-corrected chi connectivity index (χ2v) is 5.95. The van der Waals surface area contributed by atoms with E-state index < -0.39 is 0 Å². The van der Waals surface area contributed by atoms with Crippen molar-refractivity contribution < 1.29 is 4.79 Å². The largest absolute Gasteiger partial charge is 0.307 e. The van der Waals surface area contributed by atoms with Crippen LogP contribution in [0.2, 0.25) is 5.02 Å². The van der Waals surface area contributed by atoms with Crippen LogP contribution in [0.5, 0.6) is 0 Å². The minimum atomic E-state index is 0.0269. The number of para-hydroxylation sites is 1. The van der Waals surface area contributed by atoms with Gasteiger partial charge in [-0.2, -0.15) is 0 Å². The zero-order valence-corrected chi connectivity index (χ0v) is 12.8. The number of rotatable bonds is 1. The van der Waals surface area contributed by atoms with E-state index in [4.69, 9.17) is 11.6 Å². The molecule has 0 fully saturated rings. The Kier molecular flexibility index (Phi) is 3.98. The first-order valence-corrected chi connectivity index (χ1v) is 7.71. The Morgan fingerprint density at radius 1 is 1.14 bits per heavy atom. The Morgan fingerprint density at radius 3 is 2.67 bits per heavy atom. The van der Waals surface area contributed by atoms with E-state index in [1.165, 1.54) is 5.56 Å². The number of fused-ring (bicyclic) bond motifs is 1. The molecule has 1 heterocycles. The second kappa shape index (κ2) is 5.90. The normalized spacial score (nSPS) is 18.0. The zero-order chi connectivity index (χ0) is 14.8. The van der Waals surface area contributed by atoms with Crippen LogP contribution in [0.4, 0.5) is 5.69 Å². The van der Waals surface area contributed by atoms with Crippen molar-refractivity contribution >= 4 is 23.2 Å². The van der Waals surface area contributed by atoms with Crippen molar-refractivity contribution in [3.05, 3.63) is 64.7 Å². The molecule has 2 aromatic carbocycles. The van der Waals surface area contributed by atoms with E-state index in [1.807, 2.05) is 47.4 Å². The Labute approximate surface area is 130 Å². The first-order chi connectivity index (χ1) is 10.2.